The second-order valence-corrected chi connectivity index (χ2v) is 3.33. The summed E-state index contributed by atoms with van der Waals surface area (Å²) in [7, 11) is 3.74. The van der Waals surface area contributed by atoms with Crippen LogP contribution in [0.2, 0.25) is 0 Å². The lowest BCUT2D eigenvalue weighted by Crippen LogP contribution is -1.94. The number of hydrogen-bond donors (Lipinski definition) is 0. The second kappa shape index (κ2) is 3.72. The molecule has 0 aliphatic rings. The number of nitrogens with zero attached hydrogens (tertiary/aromatic N) is 2. The third-order valence-corrected chi connectivity index (χ3v) is 2.31. The van der Waals surface area contributed by atoms with Crippen molar-refractivity contribution in [2.75, 3.05) is 7.05 Å². The molecule has 0 amide bonds. The first-order valence-electron chi connectivity index (χ1n) is 3.60. The van der Waals surface area contributed by atoms with Crippen LogP contribution in [0.1, 0.15) is 11.3 Å². The average Bonchev–Trinajstić information content (AvgIpc) is 2.28. The number of aromatic nitrogens is 1. The summed E-state index contributed by atoms with van der Waals surface area (Å²) in [5.74, 6) is 0. The van der Waals surface area contributed by atoms with Gasteiger partial charge in [0.05, 0.1) is 5.69 Å². The molecule has 1 aromatic rings. The average molecular weight is 227 g/mol. The highest BCUT2D eigenvalue weighted by molar-refractivity contribution is 9.10. The van der Waals surface area contributed by atoms with Crippen molar-refractivity contribution >= 4 is 28.2 Å². The molecule has 12 heavy (non-hydrogen) atoms. The molecule has 0 unspecified atom stereocenters. The molecule has 0 saturated heterocycles. The van der Waals surface area contributed by atoms with E-state index in [0.717, 1.165) is 15.7 Å². The van der Waals surface area contributed by atoms with Gasteiger partial charge in [-0.15, -0.1) is 0 Å². The van der Waals surface area contributed by atoms with Crippen molar-refractivity contribution < 1.29 is 0 Å². The van der Waals surface area contributed by atoms with Crippen molar-refractivity contribution in [2.24, 2.45) is 12.0 Å². The molecule has 0 radical (unpaired) electrons. The fraction of sp³-hybridized carbons (Fsp3) is 0.222. The summed E-state index contributed by atoms with van der Waals surface area (Å²) >= 11 is 3.44. The molecule has 0 aromatic carbocycles. The minimum Gasteiger partial charge on any atom is -0.348 e. The molecule has 3 heteroatoms. The quantitative estimate of drug-likeness (QED) is 0.690. The van der Waals surface area contributed by atoms with Gasteiger partial charge in [0.25, 0.3) is 0 Å². The molecule has 1 rings (SSSR count). The molecule has 0 aliphatic carbocycles. The molecule has 0 spiro atoms. The van der Waals surface area contributed by atoms with Crippen molar-refractivity contribution in [3.05, 3.63) is 28.5 Å². The molecule has 0 fully saturated rings. The minimum atomic E-state index is 1.05. The SMILES string of the molecule is C=Cc1c(Br)cn(C)c1C=NC. The van der Waals surface area contributed by atoms with Crippen molar-refractivity contribution in [2.45, 2.75) is 0 Å². The Bertz CT molecular complexity index is 324. The monoisotopic (exact) mass is 226 g/mol. The Morgan fingerprint density at radius 3 is 2.83 bits per heavy atom. The Morgan fingerprint density at radius 1 is 1.67 bits per heavy atom. The summed E-state index contributed by atoms with van der Waals surface area (Å²) < 4.78 is 3.06. The predicted octanol–water partition coefficient (Wildman–Crippen LogP) is 2.48. The van der Waals surface area contributed by atoms with E-state index in [-0.39, 0.29) is 0 Å². The first kappa shape index (κ1) is 9.26. The standard InChI is InChI=1S/C9H11BrN2/c1-4-7-8(10)6-12(3)9(7)5-11-2/h4-6H,1H2,2-3H3. The van der Waals surface area contributed by atoms with Crippen LogP contribution in [-0.4, -0.2) is 17.8 Å². The van der Waals surface area contributed by atoms with E-state index in [9.17, 15) is 0 Å². The summed E-state index contributed by atoms with van der Waals surface area (Å²) in [6.45, 7) is 3.74. The van der Waals surface area contributed by atoms with Gasteiger partial charge >= 0.3 is 0 Å². The molecule has 0 aliphatic heterocycles. The van der Waals surface area contributed by atoms with Crippen molar-refractivity contribution in [1.29, 1.82) is 0 Å². The van der Waals surface area contributed by atoms with Crippen molar-refractivity contribution in [1.82, 2.24) is 4.57 Å². The van der Waals surface area contributed by atoms with Gasteiger partial charge in [-0.05, 0) is 15.9 Å². The zero-order chi connectivity index (χ0) is 9.14. The third kappa shape index (κ3) is 1.50. The first-order valence-corrected chi connectivity index (χ1v) is 4.39. The van der Waals surface area contributed by atoms with Gasteiger partial charge in [-0.1, -0.05) is 12.7 Å². The molecule has 1 heterocycles. The van der Waals surface area contributed by atoms with Crippen LogP contribution in [0.5, 0.6) is 0 Å². The van der Waals surface area contributed by atoms with Gasteiger partial charge in [-0.3, -0.25) is 4.99 Å². The first-order chi connectivity index (χ1) is 5.70. The zero-order valence-electron chi connectivity index (χ0n) is 7.21. The van der Waals surface area contributed by atoms with Gasteiger partial charge in [-0.2, -0.15) is 0 Å². The molecule has 1 aromatic heterocycles. The maximum atomic E-state index is 3.97. The highest BCUT2D eigenvalue weighted by atomic mass is 79.9. The van der Waals surface area contributed by atoms with E-state index in [2.05, 4.69) is 27.5 Å². The summed E-state index contributed by atoms with van der Waals surface area (Å²) in [6, 6.07) is 0. The summed E-state index contributed by atoms with van der Waals surface area (Å²) in [5.41, 5.74) is 2.16. The van der Waals surface area contributed by atoms with E-state index in [4.69, 9.17) is 0 Å². The Hall–Kier alpha value is -0.830. The van der Waals surface area contributed by atoms with Gasteiger partial charge in [0, 0.05) is 36.5 Å². The maximum absolute atomic E-state index is 3.97. The largest absolute Gasteiger partial charge is 0.348 e. The van der Waals surface area contributed by atoms with Crippen LogP contribution in [0.25, 0.3) is 6.08 Å². The van der Waals surface area contributed by atoms with E-state index in [1.54, 1.807) is 7.05 Å². The maximum Gasteiger partial charge on any atom is 0.0670 e. The topological polar surface area (TPSA) is 17.3 Å². The number of halogens is 1. The highest BCUT2D eigenvalue weighted by Crippen LogP contribution is 2.22. The Labute approximate surface area is 80.7 Å². The van der Waals surface area contributed by atoms with Crippen molar-refractivity contribution in [3.63, 3.8) is 0 Å². The van der Waals surface area contributed by atoms with Crippen LogP contribution in [0.4, 0.5) is 0 Å². The minimum absolute atomic E-state index is 1.05. The van der Waals surface area contributed by atoms with Gasteiger partial charge in [0.15, 0.2) is 0 Å². The molecule has 0 atom stereocenters. The predicted molar refractivity (Wildman–Crippen MR) is 56.7 cm³/mol. The number of rotatable bonds is 2. The molecule has 0 bridgehead atoms. The molecule has 64 valence electrons. The lowest BCUT2D eigenvalue weighted by Gasteiger charge is -1.96. The third-order valence-electron chi connectivity index (χ3n) is 1.68. The van der Waals surface area contributed by atoms with Gasteiger partial charge in [-0.25, -0.2) is 0 Å². The summed E-state index contributed by atoms with van der Waals surface area (Å²) in [6.07, 6.45) is 5.64. The number of aryl methyl sites for hydroxylation is 1. The lowest BCUT2D eigenvalue weighted by molar-refractivity contribution is 0.916. The van der Waals surface area contributed by atoms with Gasteiger partial charge in [0.1, 0.15) is 0 Å². The van der Waals surface area contributed by atoms with E-state index >= 15 is 0 Å². The fourth-order valence-corrected chi connectivity index (χ4v) is 1.78. The smallest absolute Gasteiger partial charge is 0.0670 e. The van der Waals surface area contributed by atoms with E-state index in [0.29, 0.717) is 0 Å². The van der Waals surface area contributed by atoms with E-state index in [1.165, 1.54) is 0 Å². The zero-order valence-corrected chi connectivity index (χ0v) is 8.80. The van der Waals surface area contributed by atoms with Gasteiger partial charge in [0.2, 0.25) is 0 Å². The van der Waals surface area contributed by atoms with Crippen LogP contribution < -0.4 is 0 Å². The number of hydrogen-bond acceptors (Lipinski definition) is 1. The van der Waals surface area contributed by atoms with Crippen LogP contribution in [0.15, 0.2) is 22.2 Å². The molecular formula is C9H11BrN2. The number of aliphatic imine (C=N–C) groups is 1. The fourth-order valence-electron chi connectivity index (χ4n) is 1.11. The van der Waals surface area contributed by atoms with Crippen LogP contribution in [0.3, 0.4) is 0 Å². The Balaban J connectivity index is 3.31. The Morgan fingerprint density at radius 2 is 2.33 bits per heavy atom. The van der Waals surface area contributed by atoms with Crippen LogP contribution in [0, 0.1) is 0 Å². The van der Waals surface area contributed by atoms with E-state index in [1.807, 2.05) is 30.1 Å². The summed E-state index contributed by atoms with van der Waals surface area (Å²) in [5, 5.41) is 0. The molecule has 0 saturated carbocycles. The Kier molecular flexibility index (Phi) is 2.87. The molecule has 2 nitrogen and oxygen atoms in total. The highest BCUT2D eigenvalue weighted by Gasteiger charge is 2.06. The molecule has 0 N–H and O–H groups in total. The van der Waals surface area contributed by atoms with E-state index < -0.39 is 0 Å². The van der Waals surface area contributed by atoms with Crippen LogP contribution in [-0.2, 0) is 7.05 Å². The van der Waals surface area contributed by atoms with Crippen LogP contribution >= 0.6 is 15.9 Å². The van der Waals surface area contributed by atoms with Gasteiger partial charge < -0.3 is 4.57 Å². The van der Waals surface area contributed by atoms with Crippen molar-refractivity contribution in [3.8, 4) is 0 Å². The molecular weight excluding hydrogens is 216 g/mol. The normalized spacial score (nSPS) is 10.9. The second-order valence-electron chi connectivity index (χ2n) is 2.48. The summed E-state index contributed by atoms with van der Waals surface area (Å²) in [4.78, 5) is 3.97. The lowest BCUT2D eigenvalue weighted by atomic mass is 10.2.